The monoisotopic (exact) mass is 530 g/mol. The topological polar surface area (TPSA) is 74.8 Å². The zero-order valence-electron chi connectivity index (χ0n) is 17.0. The number of carbonyl (C=O) groups is 1. The number of thiophene rings is 1. The average Bonchev–Trinajstić information content (AvgIpc) is 3.27. The van der Waals surface area contributed by atoms with Gasteiger partial charge in [-0.25, -0.2) is 0 Å². The van der Waals surface area contributed by atoms with Crippen molar-refractivity contribution in [2.75, 3.05) is 33.3 Å². The van der Waals surface area contributed by atoms with Crippen LogP contribution < -0.4 is 16.0 Å². The molecule has 0 fully saturated rings. The maximum atomic E-state index is 11.8. The van der Waals surface area contributed by atoms with Gasteiger partial charge in [0.15, 0.2) is 5.96 Å². The zero-order valence-corrected chi connectivity index (χ0v) is 20.2. The number of halogens is 1. The Morgan fingerprint density at radius 1 is 1.03 bits per heavy atom. The molecule has 8 heteroatoms. The van der Waals surface area contributed by atoms with Gasteiger partial charge in [0.1, 0.15) is 0 Å². The van der Waals surface area contributed by atoms with Crippen LogP contribution in [-0.4, -0.2) is 45.2 Å². The predicted octanol–water partition coefficient (Wildman–Crippen LogP) is 3.82. The minimum absolute atomic E-state index is 0. The number of ether oxygens (including phenoxy) is 1. The van der Waals surface area contributed by atoms with Gasteiger partial charge in [0.05, 0.1) is 11.0 Å². The molecule has 0 aliphatic rings. The van der Waals surface area contributed by atoms with E-state index in [0.717, 1.165) is 36.8 Å². The van der Waals surface area contributed by atoms with Gasteiger partial charge in [-0.1, -0.05) is 36.4 Å². The molecule has 0 aliphatic heterocycles. The summed E-state index contributed by atoms with van der Waals surface area (Å²) in [5.74, 6) is 0.753. The van der Waals surface area contributed by atoms with Crippen molar-refractivity contribution in [1.29, 1.82) is 0 Å². The molecule has 1 atom stereocenters. The first-order valence-corrected chi connectivity index (χ1v) is 10.5. The quantitative estimate of drug-likeness (QED) is 0.179. The Hall–Kier alpha value is -1.65. The predicted molar refractivity (Wildman–Crippen MR) is 131 cm³/mol. The van der Waals surface area contributed by atoms with E-state index in [2.05, 4.69) is 40.0 Å². The summed E-state index contributed by atoms with van der Waals surface area (Å²) in [6.45, 7) is 4.92. The fraction of sp³-hybridized carbons (Fsp3) is 0.429. The molecule has 0 saturated carbocycles. The van der Waals surface area contributed by atoms with Crippen molar-refractivity contribution in [2.45, 2.75) is 25.9 Å². The summed E-state index contributed by atoms with van der Waals surface area (Å²) >= 11 is 1.45. The molecule has 160 valence electrons. The highest BCUT2D eigenvalue weighted by atomic mass is 127. The maximum absolute atomic E-state index is 11.8. The van der Waals surface area contributed by atoms with Crippen LogP contribution in [0.3, 0.4) is 0 Å². The lowest BCUT2D eigenvalue weighted by atomic mass is 10.1. The van der Waals surface area contributed by atoms with Crippen molar-refractivity contribution >= 4 is 47.2 Å². The first kappa shape index (κ1) is 25.4. The van der Waals surface area contributed by atoms with Crippen LogP contribution in [0.1, 0.15) is 41.1 Å². The van der Waals surface area contributed by atoms with E-state index in [9.17, 15) is 4.79 Å². The second-order valence-electron chi connectivity index (χ2n) is 6.29. The van der Waals surface area contributed by atoms with Crippen molar-refractivity contribution < 1.29 is 9.53 Å². The van der Waals surface area contributed by atoms with E-state index in [1.165, 1.54) is 16.9 Å². The van der Waals surface area contributed by atoms with Crippen LogP contribution in [-0.2, 0) is 4.74 Å². The first-order chi connectivity index (χ1) is 13.7. The fourth-order valence-electron chi connectivity index (χ4n) is 2.57. The Balaban J connectivity index is 0.00000420. The van der Waals surface area contributed by atoms with Gasteiger partial charge in [0, 0.05) is 33.3 Å². The van der Waals surface area contributed by atoms with Crippen LogP contribution in [0.15, 0.2) is 52.8 Å². The van der Waals surface area contributed by atoms with Gasteiger partial charge < -0.3 is 20.7 Å². The summed E-state index contributed by atoms with van der Waals surface area (Å²) in [4.78, 5) is 16.8. The summed E-state index contributed by atoms with van der Waals surface area (Å²) in [6, 6.07) is 13.9. The Morgan fingerprint density at radius 2 is 1.72 bits per heavy atom. The lowest BCUT2D eigenvalue weighted by Gasteiger charge is -2.15. The molecule has 1 aromatic carbocycles. The first-order valence-electron chi connectivity index (χ1n) is 9.63. The Morgan fingerprint density at radius 3 is 2.38 bits per heavy atom. The second kappa shape index (κ2) is 15.2. The Labute approximate surface area is 194 Å². The lowest BCUT2D eigenvalue weighted by molar-refractivity contribution is 0.0646. The van der Waals surface area contributed by atoms with Crippen molar-refractivity contribution in [3.63, 3.8) is 0 Å². The molecule has 0 spiro atoms. The molecule has 1 aromatic heterocycles. The van der Waals surface area contributed by atoms with E-state index in [1.807, 2.05) is 35.7 Å². The Kier molecular flexibility index (Phi) is 13.3. The van der Waals surface area contributed by atoms with Crippen molar-refractivity contribution in [3.8, 4) is 0 Å². The van der Waals surface area contributed by atoms with Gasteiger partial charge in [-0.15, -0.1) is 35.3 Å². The molecule has 3 N–H and O–H groups in total. The summed E-state index contributed by atoms with van der Waals surface area (Å²) in [5, 5.41) is 11.3. The molecule has 1 unspecified atom stereocenters. The highest BCUT2D eigenvalue weighted by Crippen LogP contribution is 2.15. The summed E-state index contributed by atoms with van der Waals surface area (Å²) < 4.78 is 5.87. The van der Waals surface area contributed by atoms with Gasteiger partial charge in [0.2, 0.25) is 0 Å². The molecule has 1 heterocycles. The van der Waals surface area contributed by atoms with E-state index >= 15 is 0 Å². The van der Waals surface area contributed by atoms with Gasteiger partial charge >= 0.3 is 0 Å². The largest absolute Gasteiger partial charge is 0.374 e. The normalized spacial score (nSPS) is 12.0. The van der Waals surface area contributed by atoms with E-state index in [-0.39, 0.29) is 36.0 Å². The number of hydrogen-bond acceptors (Lipinski definition) is 4. The standard InChI is InChI=1S/C21H30N4O2S.HI/c1-17(18-9-4-3-5-10-18)27-15-8-14-25-21(22-2)24-13-7-12-23-20(26)19-11-6-16-28-19;/h3-6,9-11,16-17H,7-8,12-15H2,1-2H3,(H,23,26)(H2,22,24,25);1H. The third-order valence-electron chi connectivity index (χ3n) is 4.15. The van der Waals surface area contributed by atoms with E-state index in [1.54, 1.807) is 7.05 Å². The number of nitrogens with one attached hydrogen (secondary N) is 3. The molecule has 2 aromatic rings. The third-order valence-corrected chi connectivity index (χ3v) is 5.02. The number of hydrogen-bond donors (Lipinski definition) is 3. The molecular weight excluding hydrogens is 499 g/mol. The number of amides is 1. The fourth-order valence-corrected chi connectivity index (χ4v) is 3.21. The van der Waals surface area contributed by atoms with Crippen molar-refractivity contribution in [2.24, 2.45) is 4.99 Å². The SMILES string of the molecule is CN=C(NCCCNC(=O)c1cccs1)NCCCOC(C)c1ccccc1.I. The highest BCUT2D eigenvalue weighted by molar-refractivity contribution is 14.0. The maximum Gasteiger partial charge on any atom is 0.261 e. The molecule has 0 bridgehead atoms. The molecule has 0 aliphatic carbocycles. The number of aliphatic imine (C=N–C) groups is 1. The van der Waals surface area contributed by atoms with E-state index in [0.29, 0.717) is 13.2 Å². The van der Waals surface area contributed by atoms with E-state index in [4.69, 9.17) is 4.74 Å². The van der Waals surface area contributed by atoms with Crippen molar-refractivity contribution in [3.05, 3.63) is 58.3 Å². The van der Waals surface area contributed by atoms with Gasteiger partial charge in [0.25, 0.3) is 5.91 Å². The number of carbonyl (C=O) groups excluding carboxylic acids is 1. The molecule has 29 heavy (non-hydrogen) atoms. The minimum atomic E-state index is -0.0118. The lowest BCUT2D eigenvalue weighted by Crippen LogP contribution is -2.39. The van der Waals surface area contributed by atoms with Crippen LogP contribution >= 0.6 is 35.3 Å². The smallest absolute Gasteiger partial charge is 0.261 e. The number of rotatable bonds is 11. The number of nitrogens with zero attached hydrogens (tertiary/aromatic N) is 1. The summed E-state index contributed by atoms with van der Waals surface area (Å²) in [7, 11) is 1.75. The number of benzene rings is 1. The van der Waals surface area contributed by atoms with Crippen LogP contribution in [0.5, 0.6) is 0 Å². The van der Waals surface area contributed by atoms with Crippen LogP contribution in [0, 0.1) is 0 Å². The minimum Gasteiger partial charge on any atom is -0.374 e. The van der Waals surface area contributed by atoms with Gasteiger partial charge in [-0.3, -0.25) is 9.79 Å². The molecule has 6 nitrogen and oxygen atoms in total. The third kappa shape index (κ3) is 10.1. The number of guanidine groups is 1. The van der Waals surface area contributed by atoms with Crippen molar-refractivity contribution in [1.82, 2.24) is 16.0 Å². The molecule has 0 radical (unpaired) electrons. The summed E-state index contributed by atoms with van der Waals surface area (Å²) in [5.41, 5.74) is 1.19. The molecule has 2 rings (SSSR count). The van der Waals surface area contributed by atoms with Crippen LogP contribution in [0.4, 0.5) is 0 Å². The Bertz CT molecular complexity index is 711. The molecule has 0 saturated heterocycles. The summed E-state index contributed by atoms with van der Waals surface area (Å²) in [6.07, 6.45) is 1.83. The van der Waals surface area contributed by atoms with Crippen LogP contribution in [0.2, 0.25) is 0 Å². The molecule has 1 amide bonds. The average molecular weight is 530 g/mol. The zero-order chi connectivity index (χ0) is 20.0. The van der Waals surface area contributed by atoms with Crippen LogP contribution in [0.25, 0.3) is 0 Å². The highest BCUT2D eigenvalue weighted by Gasteiger charge is 2.06. The van der Waals surface area contributed by atoms with Gasteiger partial charge in [-0.05, 0) is 36.8 Å². The second-order valence-corrected chi connectivity index (χ2v) is 7.24. The van der Waals surface area contributed by atoms with E-state index < -0.39 is 0 Å². The van der Waals surface area contributed by atoms with Gasteiger partial charge in [-0.2, -0.15) is 0 Å². The molecular formula is C21H31IN4O2S.